The molecule has 3 atom stereocenters. The molecule has 0 spiro atoms. The second-order valence-corrected chi connectivity index (χ2v) is 7.09. The summed E-state index contributed by atoms with van der Waals surface area (Å²) in [5, 5.41) is 19.8. The number of likely N-dealkylation sites (N-methyl/N-ethyl adjacent to an activating group) is 1. The highest BCUT2D eigenvalue weighted by molar-refractivity contribution is 8.14. The molecule has 2 aliphatic heterocycles. The van der Waals surface area contributed by atoms with Crippen LogP contribution in [0.25, 0.3) is 0 Å². The zero-order chi connectivity index (χ0) is 15.0. The van der Waals surface area contributed by atoms with Gasteiger partial charge in [0.05, 0.1) is 11.4 Å². The van der Waals surface area contributed by atoms with Gasteiger partial charge in [-0.05, 0) is 19.2 Å². The molecule has 112 valence electrons. The zero-order valence-electron chi connectivity index (χ0n) is 11.3. The van der Waals surface area contributed by atoms with Crippen LogP contribution in [-0.2, 0) is 4.79 Å². The van der Waals surface area contributed by atoms with Crippen molar-refractivity contribution in [1.29, 1.82) is 0 Å². The summed E-state index contributed by atoms with van der Waals surface area (Å²) in [6, 6.07) is 2.84. The summed E-state index contributed by atoms with van der Waals surface area (Å²) in [5.41, 5.74) is 0.505. The molecule has 1 aromatic rings. The molecule has 1 unspecified atom stereocenters. The van der Waals surface area contributed by atoms with Gasteiger partial charge in [-0.3, -0.25) is 19.7 Å². The van der Waals surface area contributed by atoms with E-state index < -0.39 is 12.0 Å². The van der Waals surface area contributed by atoms with E-state index in [9.17, 15) is 15.0 Å². The average molecular weight is 325 g/mol. The minimum absolute atomic E-state index is 0.0192. The minimum Gasteiger partial charge on any atom is -0.506 e. The number of aliphatic carboxylic acids is 1. The third kappa shape index (κ3) is 2.75. The molecule has 2 N–H and O–H groups in total. The summed E-state index contributed by atoms with van der Waals surface area (Å²) in [6.45, 7) is 0. The van der Waals surface area contributed by atoms with Crippen molar-refractivity contribution in [1.82, 2.24) is 9.88 Å². The maximum absolute atomic E-state index is 11.2. The molecule has 8 heteroatoms. The number of hydrogen-bond acceptors (Lipinski definition) is 7. The van der Waals surface area contributed by atoms with Crippen LogP contribution in [0.4, 0.5) is 0 Å². The number of aliphatic imine (C=N–C) groups is 1. The molecule has 1 aromatic heterocycles. The Morgan fingerprint density at radius 1 is 1.48 bits per heavy atom. The largest absolute Gasteiger partial charge is 0.506 e. The first kappa shape index (κ1) is 14.7. The Balaban J connectivity index is 1.78. The summed E-state index contributed by atoms with van der Waals surface area (Å²) in [4.78, 5) is 21.9. The van der Waals surface area contributed by atoms with Crippen molar-refractivity contribution < 1.29 is 15.0 Å². The highest BCUT2D eigenvalue weighted by Crippen LogP contribution is 2.37. The molecule has 0 amide bonds. The Labute approximate surface area is 130 Å². The van der Waals surface area contributed by atoms with Gasteiger partial charge in [0.2, 0.25) is 0 Å². The van der Waals surface area contributed by atoms with E-state index in [0.29, 0.717) is 11.4 Å². The first-order valence-corrected chi connectivity index (χ1v) is 8.52. The second kappa shape index (κ2) is 5.86. The lowest BCUT2D eigenvalue weighted by Crippen LogP contribution is -2.42. The van der Waals surface area contributed by atoms with Gasteiger partial charge >= 0.3 is 5.97 Å². The van der Waals surface area contributed by atoms with E-state index in [-0.39, 0.29) is 17.2 Å². The molecule has 6 nitrogen and oxygen atoms in total. The second-order valence-electron chi connectivity index (χ2n) is 4.93. The number of nitrogens with zero attached hydrogens (tertiary/aromatic N) is 3. The van der Waals surface area contributed by atoms with Gasteiger partial charge in [0.25, 0.3) is 0 Å². The molecule has 0 saturated carbocycles. The third-order valence-corrected chi connectivity index (χ3v) is 6.17. The fourth-order valence-corrected chi connectivity index (χ4v) is 5.19. The zero-order valence-corrected chi connectivity index (χ0v) is 13.0. The molecule has 1 saturated heterocycles. The maximum Gasteiger partial charge on any atom is 0.321 e. The van der Waals surface area contributed by atoms with E-state index in [0.717, 1.165) is 10.8 Å². The molecule has 1 fully saturated rings. The van der Waals surface area contributed by atoms with Crippen LogP contribution < -0.4 is 0 Å². The predicted octanol–water partition coefficient (Wildman–Crippen LogP) is 1.11. The lowest BCUT2D eigenvalue weighted by Gasteiger charge is -2.24. The monoisotopic (exact) mass is 325 g/mol. The van der Waals surface area contributed by atoms with Crippen LogP contribution in [0.15, 0.2) is 23.3 Å². The van der Waals surface area contributed by atoms with Crippen LogP contribution >= 0.6 is 23.5 Å². The Morgan fingerprint density at radius 3 is 2.95 bits per heavy atom. The van der Waals surface area contributed by atoms with Crippen LogP contribution in [0, 0.1) is 0 Å². The molecule has 3 heterocycles. The summed E-state index contributed by atoms with van der Waals surface area (Å²) in [7, 11) is 1.83. The van der Waals surface area contributed by atoms with Crippen LogP contribution in [0.3, 0.4) is 0 Å². The lowest BCUT2D eigenvalue weighted by atomic mass is 10.2. The van der Waals surface area contributed by atoms with Crippen LogP contribution in [-0.4, -0.2) is 67.1 Å². The topological polar surface area (TPSA) is 86.0 Å². The van der Waals surface area contributed by atoms with Gasteiger partial charge in [-0.1, -0.05) is 0 Å². The minimum atomic E-state index is -0.787. The van der Waals surface area contributed by atoms with E-state index in [1.165, 1.54) is 0 Å². The van der Waals surface area contributed by atoms with Crippen molar-refractivity contribution in [2.75, 3.05) is 18.6 Å². The van der Waals surface area contributed by atoms with Gasteiger partial charge in [-0.25, -0.2) is 0 Å². The normalized spacial score (nSPS) is 29.6. The Kier molecular flexibility index (Phi) is 4.10. The van der Waals surface area contributed by atoms with Crippen molar-refractivity contribution >= 4 is 34.5 Å². The number of thioether (sulfide) groups is 2. The summed E-state index contributed by atoms with van der Waals surface area (Å²) < 4.78 is 0. The van der Waals surface area contributed by atoms with Crippen molar-refractivity contribution in [3.8, 4) is 5.75 Å². The van der Waals surface area contributed by atoms with Gasteiger partial charge in [0.15, 0.2) is 0 Å². The number of aromatic nitrogens is 1. The number of carbonyl (C=O) groups is 1. The van der Waals surface area contributed by atoms with E-state index in [1.54, 1.807) is 41.9 Å². The summed E-state index contributed by atoms with van der Waals surface area (Å²) in [5.74, 6) is 0.696. The predicted molar refractivity (Wildman–Crippen MR) is 84.1 cm³/mol. The van der Waals surface area contributed by atoms with Crippen molar-refractivity contribution in [3.05, 3.63) is 24.0 Å². The lowest BCUT2D eigenvalue weighted by molar-refractivity contribution is -0.141. The standard InChI is InChI=1S/C13H15N3O3S2/c1-16-8(13(18)19)6-21-12(16)7-5-20-11(15-7)10-9(17)3-2-4-14-10/h2-4,7-8,12,17H,5-6H2,1H3,(H,18,19)/t7-,8+,12?/m0/s1. The first-order valence-electron chi connectivity index (χ1n) is 6.49. The molecular weight excluding hydrogens is 310 g/mol. The molecule has 0 radical (unpaired) electrons. The highest BCUT2D eigenvalue weighted by atomic mass is 32.2. The number of pyridine rings is 1. The Bertz CT molecular complexity index is 596. The van der Waals surface area contributed by atoms with Gasteiger partial charge in [-0.2, -0.15) is 0 Å². The van der Waals surface area contributed by atoms with Crippen LogP contribution in [0.5, 0.6) is 5.75 Å². The molecule has 0 aromatic carbocycles. The van der Waals surface area contributed by atoms with Crippen LogP contribution in [0.2, 0.25) is 0 Å². The van der Waals surface area contributed by atoms with E-state index in [4.69, 9.17) is 0 Å². The van der Waals surface area contributed by atoms with Gasteiger partial charge in [0, 0.05) is 17.7 Å². The molecule has 3 rings (SSSR count). The Hall–Kier alpha value is -1.25. The fourth-order valence-electron chi connectivity index (χ4n) is 2.46. The first-order chi connectivity index (χ1) is 10.1. The van der Waals surface area contributed by atoms with Gasteiger partial charge < -0.3 is 10.2 Å². The van der Waals surface area contributed by atoms with E-state index in [1.807, 2.05) is 11.9 Å². The average Bonchev–Trinajstić information content (AvgIpc) is 3.05. The molecule has 0 bridgehead atoms. The highest BCUT2D eigenvalue weighted by Gasteiger charge is 2.41. The van der Waals surface area contributed by atoms with Crippen molar-refractivity contribution in [2.24, 2.45) is 4.99 Å². The third-order valence-electron chi connectivity index (χ3n) is 3.59. The number of hydrogen-bond donors (Lipinski definition) is 2. The number of carboxylic acids is 1. The van der Waals surface area contributed by atoms with E-state index in [2.05, 4.69) is 9.98 Å². The van der Waals surface area contributed by atoms with Crippen molar-refractivity contribution in [2.45, 2.75) is 17.5 Å². The number of carboxylic acid groups (broad SMARTS) is 1. The SMILES string of the molecule is CN1C([C@@H]2CSC(c3ncccc3O)=N2)SC[C@@H]1C(=O)O. The molecule has 21 heavy (non-hydrogen) atoms. The summed E-state index contributed by atoms with van der Waals surface area (Å²) >= 11 is 3.18. The number of aromatic hydroxyl groups is 1. The molecular formula is C13H15N3O3S2. The smallest absolute Gasteiger partial charge is 0.321 e. The van der Waals surface area contributed by atoms with E-state index >= 15 is 0 Å². The quantitative estimate of drug-likeness (QED) is 0.861. The fraction of sp³-hybridized carbons (Fsp3) is 0.462. The maximum atomic E-state index is 11.2. The molecule has 2 aliphatic rings. The summed E-state index contributed by atoms with van der Waals surface area (Å²) in [6.07, 6.45) is 1.63. The molecule has 0 aliphatic carbocycles. The Morgan fingerprint density at radius 2 is 2.29 bits per heavy atom. The van der Waals surface area contributed by atoms with Crippen LogP contribution in [0.1, 0.15) is 5.69 Å². The number of rotatable bonds is 3. The van der Waals surface area contributed by atoms with Crippen molar-refractivity contribution in [3.63, 3.8) is 0 Å². The van der Waals surface area contributed by atoms with Gasteiger partial charge in [0.1, 0.15) is 22.5 Å². The van der Waals surface area contributed by atoms with Gasteiger partial charge in [-0.15, -0.1) is 23.5 Å².